The third-order valence-electron chi connectivity index (χ3n) is 5.34. The molecule has 0 aliphatic carbocycles. The van der Waals surface area contributed by atoms with Crippen molar-refractivity contribution in [2.75, 3.05) is 11.5 Å². The summed E-state index contributed by atoms with van der Waals surface area (Å²) < 4.78 is 42.9. The van der Waals surface area contributed by atoms with Gasteiger partial charge in [0.15, 0.2) is 0 Å². The van der Waals surface area contributed by atoms with Gasteiger partial charge in [-0.1, -0.05) is 34.4 Å². The summed E-state index contributed by atoms with van der Waals surface area (Å²) >= 11 is 20.0. The quantitative estimate of drug-likeness (QED) is 0.504. The van der Waals surface area contributed by atoms with E-state index in [1.165, 1.54) is 12.1 Å². The highest BCUT2D eigenvalue weighted by atomic mass is 35.5. The van der Waals surface area contributed by atoms with Crippen molar-refractivity contribution in [3.8, 4) is 0 Å². The molecule has 0 radical (unpaired) electrons. The van der Waals surface area contributed by atoms with E-state index in [0.717, 1.165) is 23.6 Å². The summed E-state index contributed by atoms with van der Waals surface area (Å²) in [4.78, 5) is 17.5. The lowest BCUT2D eigenvalue weighted by molar-refractivity contribution is -0.274. The van der Waals surface area contributed by atoms with E-state index in [9.17, 15) is 18.0 Å². The van der Waals surface area contributed by atoms with Crippen LogP contribution in [0, 0.1) is 6.92 Å². The highest BCUT2D eigenvalue weighted by Gasteiger charge is 2.68. The average molecular weight is 524 g/mol. The Morgan fingerprint density at radius 3 is 2.38 bits per heavy atom. The Balaban J connectivity index is 1.67. The maximum Gasteiger partial charge on any atom is 0.437 e. The van der Waals surface area contributed by atoms with Crippen molar-refractivity contribution >= 4 is 58.2 Å². The zero-order valence-corrected chi connectivity index (χ0v) is 19.6. The third-order valence-corrected chi connectivity index (χ3v) is 7.56. The molecule has 1 N–H and O–H groups in total. The predicted octanol–water partition coefficient (Wildman–Crippen LogP) is 5.95. The van der Waals surface area contributed by atoms with Crippen molar-refractivity contribution in [1.82, 2.24) is 5.32 Å². The number of carbonyl (C=O) groups is 1. The number of oxime groups is 1. The maximum atomic E-state index is 14.3. The van der Waals surface area contributed by atoms with E-state index in [0.29, 0.717) is 16.7 Å². The molecule has 11 heteroatoms. The molecule has 0 bridgehead atoms. The van der Waals surface area contributed by atoms with Crippen LogP contribution in [-0.2, 0) is 10.4 Å². The second-order valence-electron chi connectivity index (χ2n) is 7.56. The summed E-state index contributed by atoms with van der Waals surface area (Å²) in [5.74, 6) is 1.49. The Morgan fingerprint density at radius 1 is 1.19 bits per heavy atom. The van der Waals surface area contributed by atoms with E-state index in [-0.39, 0.29) is 33.3 Å². The number of alkyl halides is 4. The van der Waals surface area contributed by atoms with Crippen molar-refractivity contribution < 1.29 is 22.8 Å². The first kappa shape index (κ1) is 23.5. The fourth-order valence-electron chi connectivity index (χ4n) is 3.59. The van der Waals surface area contributed by atoms with Crippen LogP contribution in [0.15, 0.2) is 41.6 Å². The van der Waals surface area contributed by atoms with Crippen LogP contribution in [0.3, 0.4) is 0 Å². The zero-order valence-electron chi connectivity index (χ0n) is 16.5. The number of benzene rings is 2. The van der Waals surface area contributed by atoms with Gasteiger partial charge >= 0.3 is 6.18 Å². The molecule has 2 aliphatic rings. The lowest BCUT2D eigenvalue weighted by Gasteiger charge is -2.32. The lowest BCUT2D eigenvalue weighted by atomic mass is 9.85. The molecule has 2 aromatic carbocycles. The second kappa shape index (κ2) is 8.63. The second-order valence-corrected chi connectivity index (χ2v) is 9.94. The Morgan fingerprint density at radius 2 is 1.84 bits per heavy atom. The van der Waals surface area contributed by atoms with Gasteiger partial charge < -0.3 is 10.2 Å². The number of aryl methyl sites for hydroxylation is 1. The van der Waals surface area contributed by atoms with Crippen LogP contribution in [0.4, 0.5) is 13.2 Å². The van der Waals surface area contributed by atoms with Gasteiger partial charge in [-0.05, 0) is 42.8 Å². The third kappa shape index (κ3) is 4.06. The maximum absolute atomic E-state index is 14.3. The number of hydrogen-bond donors (Lipinski definition) is 1. The lowest BCUT2D eigenvalue weighted by Crippen LogP contribution is -2.50. The number of nitrogens with zero attached hydrogens (tertiary/aromatic N) is 1. The minimum Gasteiger partial charge on any atom is -0.372 e. The van der Waals surface area contributed by atoms with Crippen LogP contribution in [0.2, 0.25) is 10.0 Å². The molecule has 0 aromatic heterocycles. The number of amides is 1. The summed E-state index contributed by atoms with van der Waals surface area (Å²) in [7, 11) is 0. The summed E-state index contributed by atoms with van der Waals surface area (Å²) in [6, 6.07) is 8.27. The van der Waals surface area contributed by atoms with Gasteiger partial charge in [0, 0.05) is 44.3 Å². The number of thioether (sulfide) groups is 1. The predicted molar refractivity (Wildman–Crippen MR) is 121 cm³/mol. The molecule has 0 saturated carbocycles. The van der Waals surface area contributed by atoms with Crippen molar-refractivity contribution in [1.29, 1.82) is 0 Å². The number of carbonyl (C=O) groups excluding carboxylic acids is 1. The molecule has 1 amide bonds. The summed E-state index contributed by atoms with van der Waals surface area (Å²) in [6.07, 6.45) is -4.92. The molecular weight excluding hydrogens is 508 g/mol. The molecule has 170 valence electrons. The van der Waals surface area contributed by atoms with Crippen molar-refractivity contribution in [2.45, 2.75) is 30.1 Å². The average Bonchev–Trinajstić information content (AvgIpc) is 3.01. The first-order chi connectivity index (χ1) is 15.0. The van der Waals surface area contributed by atoms with Gasteiger partial charge in [-0.2, -0.15) is 24.9 Å². The van der Waals surface area contributed by atoms with Gasteiger partial charge in [-0.15, -0.1) is 11.6 Å². The minimum atomic E-state index is -4.92. The summed E-state index contributed by atoms with van der Waals surface area (Å²) in [6.45, 7) is 1.70. The SMILES string of the molecule is Cc1cc(C2=NOC(c3cc(Cl)cc(Cl)c3)(C(F)(F)F)C2Cl)ccc1C(=O)NC1CSC1. The van der Waals surface area contributed by atoms with Crippen LogP contribution >= 0.6 is 46.6 Å². The molecule has 2 aromatic rings. The first-order valence-electron chi connectivity index (χ1n) is 9.46. The molecule has 2 atom stereocenters. The van der Waals surface area contributed by atoms with Gasteiger partial charge in [-0.3, -0.25) is 4.79 Å². The Kier molecular flexibility index (Phi) is 6.35. The van der Waals surface area contributed by atoms with Crippen molar-refractivity contribution in [2.24, 2.45) is 5.16 Å². The van der Waals surface area contributed by atoms with E-state index in [2.05, 4.69) is 10.5 Å². The largest absolute Gasteiger partial charge is 0.437 e. The molecule has 2 unspecified atom stereocenters. The number of rotatable bonds is 4. The van der Waals surface area contributed by atoms with E-state index < -0.39 is 17.2 Å². The molecule has 1 saturated heterocycles. The number of halogens is 6. The Labute approximate surface area is 201 Å². The molecular formula is C21H16Cl3F3N2O2S. The number of hydrogen-bond acceptors (Lipinski definition) is 4. The van der Waals surface area contributed by atoms with Crippen LogP contribution in [0.1, 0.15) is 27.0 Å². The Bertz CT molecular complexity index is 1090. The highest BCUT2D eigenvalue weighted by Crippen LogP contribution is 2.51. The van der Waals surface area contributed by atoms with E-state index >= 15 is 0 Å². The van der Waals surface area contributed by atoms with Gasteiger partial charge in [0.05, 0.1) is 0 Å². The standard InChI is InChI=1S/C21H16Cl3F3N2O2S/c1-10-4-11(2-3-16(10)19(30)28-15-8-32-9-15)17-18(24)20(31-29-17,21(25,26)27)12-5-13(22)7-14(23)6-12/h2-7,15,18H,8-9H2,1H3,(H,28,30). The fraction of sp³-hybridized carbons (Fsp3) is 0.333. The van der Waals surface area contributed by atoms with Crippen LogP contribution in [-0.4, -0.2) is 40.7 Å². The highest BCUT2D eigenvalue weighted by molar-refractivity contribution is 8.00. The van der Waals surface area contributed by atoms with E-state index in [4.69, 9.17) is 39.6 Å². The fourth-order valence-corrected chi connectivity index (χ4v) is 5.21. The minimum absolute atomic E-state index is 0.00751. The van der Waals surface area contributed by atoms with Crippen LogP contribution < -0.4 is 5.32 Å². The van der Waals surface area contributed by atoms with E-state index in [1.54, 1.807) is 30.8 Å². The smallest absolute Gasteiger partial charge is 0.372 e. The topological polar surface area (TPSA) is 50.7 Å². The van der Waals surface area contributed by atoms with Gasteiger partial charge in [0.1, 0.15) is 11.1 Å². The monoisotopic (exact) mass is 522 g/mol. The zero-order chi connectivity index (χ0) is 23.3. The van der Waals surface area contributed by atoms with Gasteiger partial charge in [0.25, 0.3) is 11.5 Å². The van der Waals surface area contributed by atoms with Gasteiger partial charge in [0.2, 0.25) is 0 Å². The molecule has 4 rings (SSSR count). The Hall–Kier alpha value is -1.61. The summed E-state index contributed by atoms with van der Waals surface area (Å²) in [5, 5.41) is 4.92. The van der Waals surface area contributed by atoms with Crippen LogP contribution in [0.25, 0.3) is 0 Å². The van der Waals surface area contributed by atoms with Crippen molar-refractivity contribution in [3.05, 3.63) is 68.7 Å². The van der Waals surface area contributed by atoms with Gasteiger partial charge in [-0.25, -0.2) is 0 Å². The molecule has 0 spiro atoms. The molecule has 32 heavy (non-hydrogen) atoms. The first-order valence-corrected chi connectivity index (χ1v) is 11.8. The molecule has 4 nitrogen and oxygen atoms in total. The van der Waals surface area contributed by atoms with Crippen LogP contribution in [0.5, 0.6) is 0 Å². The van der Waals surface area contributed by atoms with E-state index in [1.807, 2.05) is 0 Å². The van der Waals surface area contributed by atoms with Crippen molar-refractivity contribution in [3.63, 3.8) is 0 Å². The molecule has 2 heterocycles. The summed E-state index contributed by atoms with van der Waals surface area (Å²) in [5.41, 5.74) is -2.10. The molecule has 2 aliphatic heterocycles. The molecule has 1 fully saturated rings. The number of nitrogens with one attached hydrogen (secondary N) is 1. The normalized spacial score (nSPS) is 23.3.